The molecule has 46 heavy (non-hydrogen) atoms. The normalized spacial score (nSPS) is 27.3. The van der Waals surface area contributed by atoms with Gasteiger partial charge in [-0.05, 0) is 6.07 Å². The maximum absolute atomic E-state index is 13.2. The number of hydrogen-bond acceptors (Lipinski definition) is 18. The number of ether oxygens (including phenoxy) is 2. The van der Waals surface area contributed by atoms with E-state index in [1.807, 2.05) is 0 Å². The lowest BCUT2D eigenvalue weighted by atomic mass is 10.1. The molecule has 0 amide bonds. The van der Waals surface area contributed by atoms with Gasteiger partial charge in [-0.2, -0.15) is 19.3 Å². The number of imidazole rings is 2. The zero-order valence-electron chi connectivity index (χ0n) is 23.5. The molecule has 5 aromatic heterocycles. The standard InChI is InChI=1S/C10H12FN5O4.C9H13N3O5.C5H4N4/c11-10-14-7(12)4-8(15-10)16(2-13-4)9-6(19)5(18)3(1-17)20-9;10-5-1-2-12(9(16)11-5)8-7(15)6(14)4(3-13)17-8;1-4-5(8-2-6-1)9-3-7-4/h2-3,5-6,9,17-19H,1H2,(H2,12,14,15);1-2,4,6-8,13-15H,3H2,(H2,10,11,16);1-3H,(H,6,7,8,9)/t3-,5-,6+,9-;4-,6-,7+,8-;/m11./s1. The molecule has 8 atom stereocenters. The van der Waals surface area contributed by atoms with Gasteiger partial charge in [0.1, 0.15) is 54.3 Å². The van der Waals surface area contributed by atoms with Crippen molar-refractivity contribution < 1.29 is 44.5 Å². The molecule has 0 aromatic carbocycles. The van der Waals surface area contributed by atoms with Crippen molar-refractivity contribution in [2.75, 3.05) is 24.7 Å². The fraction of sp³-hybridized carbons (Fsp3) is 0.417. The number of aromatic nitrogens is 10. The summed E-state index contributed by atoms with van der Waals surface area (Å²) in [6.07, 6.45) is -2.89. The molecule has 7 heterocycles. The third-order valence-corrected chi connectivity index (χ3v) is 6.95. The number of aliphatic hydroxyl groups is 6. The lowest BCUT2D eigenvalue weighted by molar-refractivity contribution is -0.0549. The third-order valence-electron chi connectivity index (χ3n) is 6.95. The summed E-state index contributed by atoms with van der Waals surface area (Å²) in [4.78, 5) is 40.3. The summed E-state index contributed by atoms with van der Waals surface area (Å²) < 4.78 is 26.0. The van der Waals surface area contributed by atoms with Crippen LogP contribution in [-0.2, 0) is 9.47 Å². The average Bonchev–Trinajstić information content (AvgIpc) is 3.81. The molecule has 21 nitrogen and oxygen atoms in total. The molecule has 2 saturated heterocycles. The minimum absolute atomic E-state index is 0.0323. The molecule has 0 bridgehead atoms. The molecule has 0 spiro atoms. The van der Waals surface area contributed by atoms with Crippen LogP contribution < -0.4 is 17.2 Å². The van der Waals surface area contributed by atoms with E-state index in [2.05, 4.69) is 39.9 Å². The van der Waals surface area contributed by atoms with Gasteiger partial charge in [-0.3, -0.25) is 9.13 Å². The van der Waals surface area contributed by atoms with Crippen LogP contribution >= 0.6 is 0 Å². The Kier molecular flexibility index (Phi) is 9.68. The molecule has 246 valence electrons. The van der Waals surface area contributed by atoms with Crippen LogP contribution in [0.3, 0.4) is 0 Å². The quantitative estimate of drug-likeness (QED) is 0.0837. The molecule has 7 rings (SSSR count). The Hall–Kier alpha value is -4.81. The van der Waals surface area contributed by atoms with E-state index in [0.717, 1.165) is 10.1 Å². The zero-order chi connectivity index (χ0) is 33.1. The van der Waals surface area contributed by atoms with E-state index in [1.165, 1.54) is 29.5 Å². The summed E-state index contributed by atoms with van der Waals surface area (Å²) in [5.74, 6) is -0.0870. The van der Waals surface area contributed by atoms with Crippen molar-refractivity contribution in [1.29, 1.82) is 0 Å². The molecule has 2 aliphatic rings. The van der Waals surface area contributed by atoms with E-state index in [9.17, 15) is 29.6 Å². The van der Waals surface area contributed by atoms with Crippen LogP contribution in [0.1, 0.15) is 12.5 Å². The molecule has 22 heteroatoms. The number of rotatable bonds is 4. The van der Waals surface area contributed by atoms with Crippen molar-refractivity contribution in [2.45, 2.75) is 49.1 Å². The van der Waals surface area contributed by atoms with Gasteiger partial charge < -0.3 is 56.6 Å². The fourth-order valence-corrected chi connectivity index (χ4v) is 4.63. The number of H-pyrrole nitrogens is 1. The van der Waals surface area contributed by atoms with E-state index in [4.69, 9.17) is 31.2 Å². The maximum atomic E-state index is 13.2. The number of anilines is 2. The Bertz CT molecular complexity index is 1810. The van der Waals surface area contributed by atoms with Crippen molar-refractivity contribution >= 4 is 34.0 Å². The predicted molar refractivity (Wildman–Crippen MR) is 150 cm³/mol. The van der Waals surface area contributed by atoms with Crippen LogP contribution in [0.15, 0.2) is 42.2 Å². The van der Waals surface area contributed by atoms with E-state index < -0.39 is 74.1 Å². The highest BCUT2D eigenvalue weighted by Gasteiger charge is 2.45. The van der Waals surface area contributed by atoms with E-state index in [1.54, 1.807) is 12.5 Å². The average molecular weight is 649 g/mol. The second kappa shape index (κ2) is 13.7. The van der Waals surface area contributed by atoms with Crippen LogP contribution in [0, 0.1) is 6.08 Å². The number of nitrogens with zero attached hydrogens (tertiary/aromatic N) is 9. The molecule has 5 aromatic rings. The monoisotopic (exact) mass is 648 g/mol. The minimum atomic E-state index is -1.32. The number of fused-ring (bicyclic) bond motifs is 2. The van der Waals surface area contributed by atoms with E-state index in [0.29, 0.717) is 5.65 Å². The molecule has 0 unspecified atom stereocenters. The molecule has 2 fully saturated rings. The molecule has 0 aliphatic carbocycles. The largest absolute Gasteiger partial charge is 0.394 e. The van der Waals surface area contributed by atoms with Gasteiger partial charge in [-0.25, -0.2) is 24.7 Å². The number of aliphatic hydroxyl groups excluding tert-OH is 6. The van der Waals surface area contributed by atoms with Crippen LogP contribution in [0.5, 0.6) is 0 Å². The highest BCUT2D eigenvalue weighted by Crippen LogP contribution is 2.32. The topological polar surface area (TPSA) is 325 Å². The Morgan fingerprint density at radius 3 is 2.13 bits per heavy atom. The predicted octanol–water partition coefficient (Wildman–Crippen LogP) is -4.05. The Balaban J connectivity index is 0.000000145. The number of nitrogens with two attached hydrogens (primary N) is 2. The van der Waals surface area contributed by atoms with Gasteiger partial charge in [0.25, 0.3) is 0 Å². The Morgan fingerprint density at radius 1 is 0.891 bits per heavy atom. The fourth-order valence-electron chi connectivity index (χ4n) is 4.63. The molecular weight excluding hydrogens is 619 g/mol. The number of hydrogen-bond donors (Lipinski definition) is 9. The summed E-state index contributed by atoms with van der Waals surface area (Å²) >= 11 is 0. The van der Waals surface area contributed by atoms with Gasteiger partial charge in [0, 0.05) is 6.20 Å². The minimum Gasteiger partial charge on any atom is -0.394 e. The first-order valence-corrected chi connectivity index (χ1v) is 13.4. The highest BCUT2D eigenvalue weighted by atomic mass is 19.1. The zero-order valence-corrected chi connectivity index (χ0v) is 23.5. The second-order valence-corrected chi connectivity index (χ2v) is 9.86. The maximum Gasteiger partial charge on any atom is 0.351 e. The Labute approximate surface area is 255 Å². The smallest absolute Gasteiger partial charge is 0.351 e. The molecule has 0 saturated carbocycles. The summed E-state index contributed by atoms with van der Waals surface area (Å²) in [7, 11) is 0. The first-order valence-electron chi connectivity index (χ1n) is 13.4. The van der Waals surface area contributed by atoms with E-state index in [-0.39, 0.29) is 22.8 Å². The van der Waals surface area contributed by atoms with Gasteiger partial charge in [-0.1, -0.05) is 0 Å². The van der Waals surface area contributed by atoms with Gasteiger partial charge in [0.2, 0.25) is 0 Å². The molecule has 0 radical (unpaired) electrons. The molecule has 11 N–H and O–H groups in total. The lowest BCUT2D eigenvalue weighted by Crippen LogP contribution is -2.36. The van der Waals surface area contributed by atoms with Crippen molar-refractivity contribution in [3.63, 3.8) is 0 Å². The highest BCUT2D eigenvalue weighted by molar-refractivity contribution is 5.81. The van der Waals surface area contributed by atoms with Gasteiger partial charge in [0.05, 0.1) is 32.1 Å². The van der Waals surface area contributed by atoms with Crippen LogP contribution in [-0.4, -0.2) is 129 Å². The van der Waals surface area contributed by atoms with Crippen LogP contribution in [0.2, 0.25) is 0 Å². The van der Waals surface area contributed by atoms with Crippen molar-refractivity contribution in [3.05, 3.63) is 54.0 Å². The third kappa shape index (κ3) is 6.44. The number of halogens is 1. The number of aromatic amines is 1. The van der Waals surface area contributed by atoms with Crippen molar-refractivity contribution in [2.24, 2.45) is 0 Å². The summed E-state index contributed by atoms with van der Waals surface area (Å²) in [5.41, 5.74) is 11.9. The van der Waals surface area contributed by atoms with Crippen LogP contribution in [0.4, 0.5) is 16.0 Å². The Morgan fingerprint density at radius 2 is 1.54 bits per heavy atom. The van der Waals surface area contributed by atoms with Crippen molar-refractivity contribution in [3.8, 4) is 0 Å². The first-order chi connectivity index (χ1) is 22.0. The summed E-state index contributed by atoms with van der Waals surface area (Å²) in [5, 5.41) is 56.8. The first kappa shape index (κ1) is 32.6. The molecular formula is C24H29FN12O9. The summed E-state index contributed by atoms with van der Waals surface area (Å²) in [6, 6.07) is 1.37. The number of nitrogen functional groups attached to an aromatic ring is 2. The van der Waals surface area contributed by atoms with Gasteiger partial charge in [0.15, 0.2) is 35.1 Å². The molecule has 2 aliphatic heterocycles. The van der Waals surface area contributed by atoms with Gasteiger partial charge >= 0.3 is 11.8 Å². The lowest BCUT2D eigenvalue weighted by Gasteiger charge is -2.16. The van der Waals surface area contributed by atoms with Crippen LogP contribution in [0.25, 0.3) is 22.3 Å². The van der Waals surface area contributed by atoms with Crippen molar-refractivity contribution in [1.82, 2.24) is 49.0 Å². The summed E-state index contributed by atoms with van der Waals surface area (Å²) in [6.45, 7) is -0.918. The van der Waals surface area contributed by atoms with E-state index >= 15 is 0 Å². The second-order valence-electron chi connectivity index (χ2n) is 9.86. The van der Waals surface area contributed by atoms with Gasteiger partial charge in [-0.15, -0.1) is 0 Å². The number of nitrogens with one attached hydrogen (secondary N) is 1. The SMILES string of the molecule is Nc1ccn([C@@H]2O[C@H](CO)[C@@H](O)[C@@H]2O)c(=O)n1.Nc1nc(F)nc2c1ncn2[C@@H]1O[C@H](CO)[C@@H](O)[C@@H]1O.c1ncc2[nH]cnc2n1.